The Kier molecular flexibility index (Phi) is 5.69. The molecule has 0 aliphatic carbocycles. The third-order valence-corrected chi connectivity index (χ3v) is 2.58. The number of nitrogens with two attached hydrogens (primary N) is 1. The van der Waals surface area contributed by atoms with Crippen LogP contribution in [0, 0.1) is 17.6 Å². The van der Waals surface area contributed by atoms with Crippen LogP contribution in [0.2, 0.25) is 0 Å². The summed E-state index contributed by atoms with van der Waals surface area (Å²) in [7, 11) is 0. The van der Waals surface area contributed by atoms with Crippen LogP contribution in [0.1, 0.15) is 13.8 Å². The fourth-order valence-electron chi connectivity index (χ4n) is 1.33. The number of carbonyl (C=O) groups excluding carboxylic acids is 1. The van der Waals surface area contributed by atoms with Crippen molar-refractivity contribution in [1.29, 1.82) is 0 Å². The van der Waals surface area contributed by atoms with Gasteiger partial charge in [-0.05, 0) is 18.1 Å². The fourth-order valence-corrected chi connectivity index (χ4v) is 1.33. The first-order valence-electron chi connectivity index (χ1n) is 6.03. The van der Waals surface area contributed by atoms with Gasteiger partial charge in [-0.15, -0.1) is 0 Å². The summed E-state index contributed by atoms with van der Waals surface area (Å²) in [4.78, 5) is 11.5. The maximum Gasteiger partial charge on any atom is 0.237 e. The van der Waals surface area contributed by atoms with Crippen LogP contribution < -0.4 is 15.8 Å². The highest BCUT2D eigenvalue weighted by atomic mass is 19.2. The Bertz CT molecular complexity index is 439. The average Bonchev–Trinajstić information content (AvgIpc) is 2.37. The summed E-state index contributed by atoms with van der Waals surface area (Å²) >= 11 is 0. The number of benzene rings is 1. The van der Waals surface area contributed by atoms with E-state index < -0.39 is 17.7 Å². The second-order valence-corrected chi connectivity index (χ2v) is 4.49. The number of hydrogen-bond donors (Lipinski definition) is 2. The highest BCUT2D eigenvalue weighted by Crippen LogP contribution is 2.14. The zero-order valence-corrected chi connectivity index (χ0v) is 11.0. The van der Waals surface area contributed by atoms with Gasteiger partial charge in [0, 0.05) is 6.07 Å². The zero-order chi connectivity index (χ0) is 14.4. The molecule has 0 fully saturated rings. The summed E-state index contributed by atoms with van der Waals surface area (Å²) in [6.07, 6.45) is 0. The van der Waals surface area contributed by atoms with Gasteiger partial charge in [0.2, 0.25) is 5.91 Å². The second kappa shape index (κ2) is 7.04. The highest BCUT2D eigenvalue weighted by molar-refractivity contribution is 5.81. The molecule has 0 heterocycles. The smallest absolute Gasteiger partial charge is 0.237 e. The van der Waals surface area contributed by atoms with Crippen LogP contribution in [0.4, 0.5) is 8.78 Å². The topological polar surface area (TPSA) is 64.4 Å². The molecule has 106 valence electrons. The first-order chi connectivity index (χ1) is 8.91. The van der Waals surface area contributed by atoms with Gasteiger partial charge >= 0.3 is 0 Å². The zero-order valence-electron chi connectivity index (χ0n) is 11.0. The molecule has 0 bridgehead atoms. The summed E-state index contributed by atoms with van der Waals surface area (Å²) < 4.78 is 30.7. The van der Waals surface area contributed by atoms with Gasteiger partial charge in [-0.1, -0.05) is 13.8 Å². The molecule has 0 unspecified atom stereocenters. The molecular formula is C13H18F2N2O2. The second-order valence-electron chi connectivity index (χ2n) is 4.49. The molecule has 0 spiro atoms. The summed E-state index contributed by atoms with van der Waals surface area (Å²) in [6.45, 7) is 4.10. The number of carbonyl (C=O) groups is 1. The van der Waals surface area contributed by atoms with Crippen LogP contribution in [0.3, 0.4) is 0 Å². The maximum absolute atomic E-state index is 12.9. The fraction of sp³-hybridized carbons (Fsp3) is 0.462. The molecule has 6 heteroatoms. The van der Waals surface area contributed by atoms with E-state index in [0.29, 0.717) is 0 Å². The van der Waals surface area contributed by atoms with E-state index in [1.807, 2.05) is 13.8 Å². The lowest BCUT2D eigenvalue weighted by molar-refractivity contribution is -0.123. The van der Waals surface area contributed by atoms with Crippen molar-refractivity contribution in [3.63, 3.8) is 0 Å². The molecule has 0 aromatic heterocycles. The Labute approximate surface area is 110 Å². The van der Waals surface area contributed by atoms with Gasteiger partial charge in [-0.25, -0.2) is 8.78 Å². The Morgan fingerprint density at radius 1 is 1.37 bits per heavy atom. The maximum atomic E-state index is 12.9. The first-order valence-corrected chi connectivity index (χ1v) is 6.03. The van der Waals surface area contributed by atoms with Crippen molar-refractivity contribution in [3.8, 4) is 5.75 Å². The van der Waals surface area contributed by atoms with E-state index >= 15 is 0 Å². The lowest BCUT2D eigenvalue weighted by Gasteiger charge is -2.15. The van der Waals surface area contributed by atoms with Crippen LogP contribution in [0.5, 0.6) is 5.75 Å². The van der Waals surface area contributed by atoms with Crippen LogP contribution in [0.25, 0.3) is 0 Å². The van der Waals surface area contributed by atoms with Gasteiger partial charge in [0.15, 0.2) is 11.6 Å². The molecule has 0 saturated carbocycles. The summed E-state index contributed by atoms with van der Waals surface area (Å²) in [5.41, 5.74) is 5.65. The molecule has 0 aliphatic heterocycles. The minimum Gasteiger partial charge on any atom is -0.492 e. The first kappa shape index (κ1) is 15.4. The number of rotatable bonds is 6. The average molecular weight is 272 g/mol. The van der Waals surface area contributed by atoms with Crippen molar-refractivity contribution >= 4 is 5.91 Å². The number of amides is 1. The molecule has 1 rings (SSSR count). The monoisotopic (exact) mass is 272 g/mol. The summed E-state index contributed by atoms with van der Waals surface area (Å²) in [5.74, 6) is -1.90. The lowest BCUT2D eigenvalue weighted by Crippen LogP contribution is -2.45. The van der Waals surface area contributed by atoms with Crippen molar-refractivity contribution < 1.29 is 18.3 Å². The van der Waals surface area contributed by atoms with Crippen molar-refractivity contribution in [1.82, 2.24) is 5.32 Å². The largest absolute Gasteiger partial charge is 0.492 e. The predicted octanol–water partition coefficient (Wildman–Crippen LogP) is 1.44. The Morgan fingerprint density at radius 2 is 2.05 bits per heavy atom. The quantitative estimate of drug-likeness (QED) is 0.770. The van der Waals surface area contributed by atoms with Crippen molar-refractivity contribution in [3.05, 3.63) is 29.8 Å². The standard InChI is InChI=1S/C13H18F2N2O2/c1-8(2)12(16)13(18)17-5-6-19-9-3-4-10(14)11(15)7-9/h3-4,7-8,12H,5-6,16H2,1-2H3,(H,17,18)/t12-/m0/s1. The summed E-state index contributed by atoms with van der Waals surface area (Å²) in [5, 5.41) is 2.60. The third kappa shape index (κ3) is 4.82. The molecule has 0 aliphatic rings. The van der Waals surface area contributed by atoms with Crippen LogP contribution >= 0.6 is 0 Å². The Hall–Kier alpha value is -1.69. The minimum absolute atomic E-state index is 0.0483. The highest BCUT2D eigenvalue weighted by Gasteiger charge is 2.16. The molecule has 3 N–H and O–H groups in total. The van der Waals surface area contributed by atoms with Crippen LogP contribution in [0.15, 0.2) is 18.2 Å². The molecule has 4 nitrogen and oxygen atoms in total. The van der Waals surface area contributed by atoms with Gasteiger partial charge in [0.1, 0.15) is 12.4 Å². The Balaban J connectivity index is 2.31. The number of hydrogen-bond acceptors (Lipinski definition) is 3. The third-order valence-electron chi connectivity index (χ3n) is 2.58. The van der Waals surface area contributed by atoms with Crippen molar-refractivity contribution in [2.45, 2.75) is 19.9 Å². The predicted molar refractivity (Wildman–Crippen MR) is 67.7 cm³/mol. The normalized spacial score (nSPS) is 12.3. The number of nitrogens with one attached hydrogen (secondary N) is 1. The minimum atomic E-state index is -0.969. The van der Waals surface area contributed by atoms with E-state index in [1.54, 1.807) is 0 Å². The van der Waals surface area contributed by atoms with Gasteiger partial charge in [-0.2, -0.15) is 0 Å². The molecule has 1 amide bonds. The lowest BCUT2D eigenvalue weighted by atomic mass is 10.1. The molecule has 1 atom stereocenters. The molecule has 19 heavy (non-hydrogen) atoms. The van der Waals surface area contributed by atoms with Gasteiger partial charge in [-0.3, -0.25) is 4.79 Å². The van der Waals surface area contributed by atoms with Crippen LogP contribution in [-0.2, 0) is 4.79 Å². The molecular weight excluding hydrogens is 254 g/mol. The van der Waals surface area contributed by atoms with E-state index in [-0.39, 0.29) is 30.7 Å². The van der Waals surface area contributed by atoms with Crippen molar-refractivity contribution in [2.24, 2.45) is 11.7 Å². The summed E-state index contributed by atoms with van der Waals surface area (Å²) in [6, 6.07) is 2.69. The Morgan fingerprint density at radius 3 is 2.63 bits per heavy atom. The van der Waals surface area contributed by atoms with Crippen LogP contribution in [-0.4, -0.2) is 25.1 Å². The van der Waals surface area contributed by atoms with Crippen molar-refractivity contribution in [2.75, 3.05) is 13.2 Å². The van der Waals surface area contributed by atoms with E-state index in [1.165, 1.54) is 6.07 Å². The van der Waals surface area contributed by atoms with Gasteiger partial charge in [0.05, 0.1) is 12.6 Å². The number of halogens is 2. The van der Waals surface area contributed by atoms with E-state index in [2.05, 4.69) is 5.32 Å². The molecule has 0 radical (unpaired) electrons. The van der Waals surface area contributed by atoms with Gasteiger partial charge in [0.25, 0.3) is 0 Å². The number of ether oxygens (including phenoxy) is 1. The van der Waals surface area contributed by atoms with E-state index in [0.717, 1.165) is 12.1 Å². The van der Waals surface area contributed by atoms with E-state index in [4.69, 9.17) is 10.5 Å². The molecule has 1 aromatic carbocycles. The molecule has 1 aromatic rings. The SMILES string of the molecule is CC(C)[C@H](N)C(=O)NCCOc1ccc(F)c(F)c1. The molecule has 0 saturated heterocycles. The van der Waals surface area contributed by atoms with E-state index in [9.17, 15) is 13.6 Å². The van der Waals surface area contributed by atoms with Gasteiger partial charge < -0.3 is 15.8 Å².